The van der Waals surface area contributed by atoms with Gasteiger partial charge in [-0.2, -0.15) is 5.10 Å². The van der Waals surface area contributed by atoms with E-state index in [0.29, 0.717) is 23.7 Å². The van der Waals surface area contributed by atoms with E-state index in [1.807, 2.05) is 0 Å². The summed E-state index contributed by atoms with van der Waals surface area (Å²) in [6.07, 6.45) is 7.35. The molecule has 11 heteroatoms. The molecule has 1 aliphatic carbocycles. The lowest BCUT2D eigenvalue weighted by Crippen LogP contribution is -2.32. The molecule has 1 heterocycles. The molecule has 0 aliphatic heterocycles. The van der Waals surface area contributed by atoms with Gasteiger partial charge in [-0.3, -0.25) is 9.48 Å². The maximum Gasteiger partial charge on any atom is 0.408 e. The van der Waals surface area contributed by atoms with E-state index in [9.17, 15) is 18.0 Å². The largest absolute Gasteiger partial charge is 0.444 e. The van der Waals surface area contributed by atoms with Gasteiger partial charge in [0.1, 0.15) is 12.1 Å². The Balaban J connectivity index is 1.64. The Kier molecular flexibility index (Phi) is 9.85. The number of aromatic nitrogens is 2. The van der Waals surface area contributed by atoms with E-state index in [-0.39, 0.29) is 28.9 Å². The normalized spacial score (nSPS) is 14.9. The lowest BCUT2D eigenvalue weighted by molar-refractivity contribution is -0.118. The van der Waals surface area contributed by atoms with Crippen molar-refractivity contribution in [3.8, 4) is 11.8 Å². The van der Waals surface area contributed by atoms with Crippen molar-refractivity contribution in [2.24, 2.45) is 5.92 Å². The monoisotopic (exact) mass is 562 g/mol. The standard InChI is InChI=1S/C27H35ClN4O5S/c1-27(2,3)37-26(34)29-14-7-8-15-32-16-13-24(31-32)30-25(33)21(17-19-9-5-6-10-19)20-11-12-23(22(28)18-20)38(4,35)36/h11-13,16,18-19,21H,5-6,9-10,14-15,17H2,1-4H3,(H,29,34)(H,30,31,33)/t21-/m1/s1. The molecule has 1 fully saturated rings. The van der Waals surface area contributed by atoms with Crippen LogP contribution in [-0.4, -0.2) is 48.6 Å². The minimum Gasteiger partial charge on any atom is -0.444 e. The minimum atomic E-state index is -3.47. The number of carbonyl (C=O) groups excluding carboxylic acids is 2. The Morgan fingerprint density at radius 1 is 1.21 bits per heavy atom. The Bertz CT molecular complexity index is 1310. The van der Waals surface area contributed by atoms with E-state index < -0.39 is 27.4 Å². The maximum atomic E-state index is 13.4. The van der Waals surface area contributed by atoms with Crippen molar-refractivity contribution in [2.45, 2.75) is 75.8 Å². The van der Waals surface area contributed by atoms with Gasteiger partial charge in [-0.25, -0.2) is 13.2 Å². The first-order valence-electron chi connectivity index (χ1n) is 12.6. The fourth-order valence-corrected chi connectivity index (χ4v) is 5.71. The average Bonchev–Trinajstić information content (AvgIpc) is 3.47. The summed E-state index contributed by atoms with van der Waals surface area (Å²) in [4.78, 5) is 25.1. The second kappa shape index (κ2) is 12.7. The highest BCUT2D eigenvalue weighted by atomic mass is 35.5. The molecule has 0 radical (unpaired) electrons. The highest BCUT2D eigenvalue weighted by Crippen LogP contribution is 2.36. The highest BCUT2D eigenvalue weighted by Gasteiger charge is 2.28. The highest BCUT2D eigenvalue weighted by molar-refractivity contribution is 7.90. The summed E-state index contributed by atoms with van der Waals surface area (Å²) in [5, 5.41) is 9.93. The van der Waals surface area contributed by atoms with Gasteiger partial charge in [0, 0.05) is 18.5 Å². The van der Waals surface area contributed by atoms with Gasteiger partial charge in [0.2, 0.25) is 5.91 Å². The summed E-state index contributed by atoms with van der Waals surface area (Å²) < 4.78 is 30.7. The lowest BCUT2D eigenvalue weighted by Gasteiger charge is -2.21. The first-order chi connectivity index (χ1) is 17.8. The molecule has 1 aromatic heterocycles. The van der Waals surface area contributed by atoms with Crippen LogP contribution in [0.4, 0.5) is 10.6 Å². The number of amides is 2. The Labute approximate surface area is 229 Å². The number of halogens is 1. The van der Waals surface area contributed by atoms with Crippen molar-refractivity contribution in [3.63, 3.8) is 0 Å². The molecule has 0 spiro atoms. The summed E-state index contributed by atoms with van der Waals surface area (Å²) in [6.45, 7) is 5.77. The molecule has 1 aromatic carbocycles. The van der Waals surface area contributed by atoms with Gasteiger partial charge in [0.15, 0.2) is 15.7 Å². The fraction of sp³-hybridized carbons (Fsp3) is 0.519. The van der Waals surface area contributed by atoms with E-state index in [4.69, 9.17) is 16.3 Å². The predicted octanol–water partition coefficient (Wildman–Crippen LogP) is 4.77. The van der Waals surface area contributed by atoms with Crippen molar-refractivity contribution in [1.29, 1.82) is 0 Å². The number of sulfone groups is 1. The molecule has 2 N–H and O–H groups in total. The molecule has 3 rings (SSSR count). The van der Waals surface area contributed by atoms with Gasteiger partial charge < -0.3 is 15.4 Å². The molecule has 206 valence electrons. The molecule has 38 heavy (non-hydrogen) atoms. The van der Waals surface area contributed by atoms with Crippen LogP contribution >= 0.6 is 11.6 Å². The van der Waals surface area contributed by atoms with Crippen LogP contribution in [0.15, 0.2) is 35.4 Å². The third-order valence-corrected chi connectivity index (χ3v) is 7.68. The minimum absolute atomic E-state index is 0.0455. The Morgan fingerprint density at radius 3 is 2.55 bits per heavy atom. The molecule has 1 atom stereocenters. The number of nitrogens with one attached hydrogen (secondary N) is 2. The number of carbonyl (C=O) groups is 2. The first-order valence-corrected chi connectivity index (χ1v) is 14.8. The predicted molar refractivity (Wildman–Crippen MR) is 147 cm³/mol. The number of alkyl carbamates (subject to hydrolysis) is 1. The smallest absolute Gasteiger partial charge is 0.408 e. The fourth-order valence-electron chi connectivity index (χ4n) is 4.37. The summed E-state index contributed by atoms with van der Waals surface area (Å²) in [7, 11) is -3.47. The number of hydrogen-bond acceptors (Lipinski definition) is 6. The second-order valence-electron chi connectivity index (χ2n) is 10.5. The summed E-state index contributed by atoms with van der Waals surface area (Å²) in [6, 6.07) is 6.40. The first kappa shape index (κ1) is 29.5. The number of nitrogens with zero attached hydrogens (tertiary/aromatic N) is 2. The molecule has 1 aliphatic rings. The SMILES string of the molecule is CC(C)(C)OC(=O)NCC#CCn1ccc(NC(=O)[C@H](CC2CCCC2)c2ccc(S(C)(=O)=O)c(Cl)c2)n1. The van der Waals surface area contributed by atoms with Crippen LogP contribution in [0.1, 0.15) is 64.4 Å². The van der Waals surface area contributed by atoms with Gasteiger partial charge in [-0.15, -0.1) is 0 Å². The zero-order chi connectivity index (χ0) is 27.9. The number of anilines is 1. The zero-order valence-electron chi connectivity index (χ0n) is 22.2. The molecule has 1 saturated carbocycles. The molecule has 0 saturated heterocycles. The van der Waals surface area contributed by atoms with Crippen LogP contribution in [0.25, 0.3) is 0 Å². The van der Waals surface area contributed by atoms with Crippen LogP contribution in [-0.2, 0) is 25.9 Å². The summed E-state index contributed by atoms with van der Waals surface area (Å²) in [5.41, 5.74) is 0.102. The van der Waals surface area contributed by atoms with Crippen molar-refractivity contribution in [3.05, 3.63) is 41.0 Å². The third-order valence-electron chi connectivity index (χ3n) is 6.10. The van der Waals surface area contributed by atoms with Gasteiger partial charge in [0.05, 0.1) is 22.4 Å². The van der Waals surface area contributed by atoms with Gasteiger partial charge >= 0.3 is 6.09 Å². The molecule has 9 nitrogen and oxygen atoms in total. The quantitative estimate of drug-likeness (QED) is 0.447. The van der Waals surface area contributed by atoms with Crippen LogP contribution < -0.4 is 10.6 Å². The van der Waals surface area contributed by atoms with E-state index in [1.165, 1.54) is 6.07 Å². The zero-order valence-corrected chi connectivity index (χ0v) is 23.8. The van der Waals surface area contributed by atoms with E-state index >= 15 is 0 Å². The van der Waals surface area contributed by atoms with E-state index in [1.54, 1.807) is 49.8 Å². The van der Waals surface area contributed by atoms with E-state index in [0.717, 1.165) is 31.9 Å². The third kappa shape index (κ3) is 9.07. The molecule has 2 aromatic rings. The lowest BCUT2D eigenvalue weighted by atomic mass is 9.87. The Hall–Kier alpha value is -3.03. The van der Waals surface area contributed by atoms with Crippen molar-refractivity contribution in [2.75, 3.05) is 18.1 Å². The van der Waals surface area contributed by atoms with Gasteiger partial charge in [-0.05, 0) is 50.8 Å². The number of hydrogen-bond donors (Lipinski definition) is 2. The van der Waals surface area contributed by atoms with Gasteiger partial charge in [0.25, 0.3) is 0 Å². The van der Waals surface area contributed by atoms with E-state index in [2.05, 4.69) is 27.6 Å². The van der Waals surface area contributed by atoms with Gasteiger partial charge in [-0.1, -0.05) is 55.2 Å². The van der Waals surface area contributed by atoms with Crippen LogP contribution in [0, 0.1) is 17.8 Å². The molecular formula is C27H35ClN4O5S. The van der Waals surface area contributed by atoms with Crippen LogP contribution in [0.2, 0.25) is 5.02 Å². The second-order valence-corrected chi connectivity index (χ2v) is 12.9. The van der Waals surface area contributed by atoms with Crippen molar-refractivity contribution >= 4 is 39.3 Å². The maximum absolute atomic E-state index is 13.4. The number of benzene rings is 1. The summed E-state index contributed by atoms with van der Waals surface area (Å²) in [5.74, 6) is 5.84. The topological polar surface area (TPSA) is 119 Å². The molecule has 0 bridgehead atoms. The Morgan fingerprint density at radius 2 is 1.92 bits per heavy atom. The van der Waals surface area contributed by atoms with Crippen molar-refractivity contribution < 1.29 is 22.7 Å². The average molecular weight is 563 g/mol. The number of ether oxygens (including phenoxy) is 1. The van der Waals surface area contributed by atoms with Crippen LogP contribution in [0.5, 0.6) is 0 Å². The molecule has 0 unspecified atom stereocenters. The number of rotatable bonds is 8. The van der Waals surface area contributed by atoms with Crippen molar-refractivity contribution in [1.82, 2.24) is 15.1 Å². The molecular weight excluding hydrogens is 528 g/mol. The van der Waals surface area contributed by atoms with Crippen LogP contribution in [0.3, 0.4) is 0 Å². The summed E-state index contributed by atoms with van der Waals surface area (Å²) >= 11 is 6.29. The molecule has 2 amide bonds.